The summed E-state index contributed by atoms with van der Waals surface area (Å²) in [5, 5.41) is 6.06. The summed E-state index contributed by atoms with van der Waals surface area (Å²) in [4.78, 5) is 16.2. The molecule has 0 amide bonds. The van der Waals surface area contributed by atoms with Crippen molar-refractivity contribution in [3.05, 3.63) is 115 Å². The number of hydrogen-bond acceptors (Lipinski definition) is 5. The molecule has 8 aromatic rings. The maximum atomic E-state index is 5.05. The summed E-state index contributed by atoms with van der Waals surface area (Å²) < 4.78 is 3.75. The van der Waals surface area contributed by atoms with Gasteiger partial charge in [0.15, 0.2) is 17.5 Å². The number of nitrogens with zero attached hydrogens (tertiary/aromatic N) is 3. The van der Waals surface area contributed by atoms with Crippen LogP contribution in [0.3, 0.4) is 0 Å². The third-order valence-corrected chi connectivity index (χ3v) is 9.19. The minimum Gasteiger partial charge on any atom is -0.208 e. The van der Waals surface area contributed by atoms with Gasteiger partial charge in [0.2, 0.25) is 0 Å². The molecule has 0 fully saturated rings. The van der Waals surface area contributed by atoms with Crippen LogP contribution in [0.2, 0.25) is 0 Å². The van der Waals surface area contributed by atoms with Crippen LogP contribution in [0.5, 0.6) is 0 Å². The Balaban J connectivity index is 1.37. The predicted octanol–water partition coefficient (Wildman–Crippen LogP) is 9.61. The van der Waals surface area contributed by atoms with E-state index >= 15 is 0 Å². The fourth-order valence-corrected chi connectivity index (χ4v) is 7.26. The van der Waals surface area contributed by atoms with Crippen LogP contribution in [-0.2, 0) is 0 Å². The zero-order valence-corrected chi connectivity index (χ0v) is 21.8. The summed E-state index contributed by atoms with van der Waals surface area (Å²) >= 11 is 3.52. The van der Waals surface area contributed by atoms with Crippen molar-refractivity contribution in [2.75, 3.05) is 0 Å². The highest BCUT2D eigenvalue weighted by atomic mass is 32.1. The largest absolute Gasteiger partial charge is 0.208 e. The van der Waals surface area contributed by atoms with E-state index in [4.69, 9.17) is 15.0 Å². The van der Waals surface area contributed by atoms with Gasteiger partial charge in [-0.2, -0.15) is 0 Å². The molecule has 0 unspecified atom stereocenters. The van der Waals surface area contributed by atoms with Crippen LogP contribution in [0.25, 0.3) is 74.5 Å². The lowest BCUT2D eigenvalue weighted by atomic mass is 10.0. The summed E-state index contributed by atoms with van der Waals surface area (Å²) in [6.45, 7) is 0. The van der Waals surface area contributed by atoms with Crippen LogP contribution in [0.1, 0.15) is 0 Å². The first-order valence-corrected chi connectivity index (χ1v) is 14.1. The highest BCUT2D eigenvalue weighted by Crippen LogP contribution is 2.38. The number of rotatable bonds is 3. The summed E-state index contributed by atoms with van der Waals surface area (Å²) in [7, 11) is 0. The minimum absolute atomic E-state index is 0.690. The SMILES string of the molecule is c1ccc2sc(-c3nc(-c4ccc5c(c4)sc4ccccc45)nc(-c4cccc5ccccc45)n3)cc2c1. The Hall–Kier alpha value is -4.45. The topological polar surface area (TPSA) is 38.7 Å². The molecular weight excluding hydrogens is 503 g/mol. The van der Waals surface area contributed by atoms with Gasteiger partial charge in [-0.3, -0.25) is 0 Å². The van der Waals surface area contributed by atoms with E-state index in [0.29, 0.717) is 17.5 Å². The fourth-order valence-electron chi connectivity index (χ4n) is 5.11. The van der Waals surface area contributed by atoms with E-state index < -0.39 is 0 Å². The van der Waals surface area contributed by atoms with E-state index in [1.54, 1.807) is 11.3 Å². The van der Waals surface area contributed by atoms with Crippen LogP contribution < -0.4 is 0 Å². The van der Waals surface area contributed by atoms with Crippen molar-refractivity contribution in [3.8, 4) is 33.5 Å². The lowest BCUT2D eigenvalue weighted by molar-refractivity contribution is 1.08. The molecule has 0 saturated carbocycles. The molecule has 3 nitrogen and oxygen atoms in total. The normalized spacial score (nSPS) is 11.7. The number of aromatic nitrogens is 3. The van der Waals surface area contributed by atoms with E-state index in [2.05, 4.69) is 115 Å². The third-order valence-electron chi connectivity index (χ3n) is 6.95. The van der Waals surface area contributed by atoms with Crippen molar-refractivity contribution >= 4 is 63.7 Å². The van der Waals surface area contributed by atoms with Gasteiger partial charge in [0.25, 0.3) is 0 Å². The van der Waals surface area contributed by atoms with Gasteiger partial charge < -0.3 is 0 Å². The van der Waals surface area contributed by atoms with Gasteiger partial charge in [-0.05, 0) is 40.4 Å². The van der Waals surface area contributed by atoms with Gasteiger partial charge >= 0.3 is 0 Å². The lowest BCUT2D eigenvalue weighted by Crippen LogP contribution is -1.99. The summed E-state index contributed by atoms with van der Waals surface area (Å²) in [6.07, 6.45) is 0. The van der Waals surface area contributed by atoms with E-state index in [1.165, 1.54) is 35.6 Å². The fraction of sp³-hybridized carbons (Fsp3) is 0. The highest BCUT2D eigenvalue weighted by molar-refractivity contribution is 7.25. The van der Waals surface area contributed by atoms with Crippen molar-refractivity contribution in [2.45, 2.75) is 0 Å². The Morgan fingerprint density at radius 2 is 1.11 bits per heavy atom. The number of hydrogen-bond donors (Lipinski definition) is 0. The predicted molar refractivity (Wildman–Crippen MR) is 162 cm³/mol. The number of thiophene rings is 2. The van der Waals surface area contributed by atoms with Gasteiger partial charge in [-0.25, -0.2) is 15.0 Å². The average Bonchev–Trinajstić information content (AvgIpc) is 3.58. The van der Waals surface area contributed by atoms with Gasteiger partial charge in [-0.1, -0.05) is 91.0 Å². The maximum absolute atomic E-state index is 5.05. The molecule has 0 aliphatic rings. The van der Waals surface area contributed by atoms with Crippen molar-refractivity contribution in [1.82, 2.24) is 15.0 Å². The molecule has 8 rings (SSSR count). The van der Waals surface area contributed by atoms with E-state index in [1.807, 2.05) is 11.3 Å². The minimum atomic E-state index is 0.690. The zero-order valence-electron chi connectivity index (χ0n) is 20.1. The molecule has 3 heterocycles. The Kier molecular flexibility index (Phi) is 4.87. The van der Waals surface area contributed by atoms with Gasteiger partial charge in [0.1, 0.15) is 0 Å². The van der Waals surface area contributed by atoms with E-state index in [9.17, 15) is 0 Å². The summed E-state index contributed by atoms with van der Waals surface area (Å²) in [6, 6.07) is 40.4. The van der Waals surface area contributed by atoms with Crippen LogP contribution in [-0.4, -0.2) is 15.0 Å². The van der Waals surface area contributed by atoms with Crippen molar-refractivity contribution < 1.29 is 0 Å². The monoisotopic (exact) mass is 521 g/mol. The standard InChI is InChI=1S/C33H19N3S2/c1-3-11-23-20(8-1)10-7-13-26(23)32-34-31(35-33(36-32)30-18-21-9-2-5-14-27(21)37-30)22-16-17-25-24-12-4-6-15-28(24)38-29(25)19-22/h1-19H. The molecule has 0 bridgehead atoms. The lowest BCUT2D eigenvalue weighted by Gasteiger charge is -2.09. The first-order chi connectivity index (χ1) is 18.8. The molecule has 178 valence electrons. The second kappa shape index (κ2) is 8.55. The third kappa shape index (κ3) is 3.51. The van der Waals surface area contributed by atoms with Crippen molar-refractivity contribution in [2.24, 2.45) is 0 Å². The van der Waals surface area contributed by atoms with Crippen molar-refractivity contribution in [1.29, 1.82) is 0 Å². The molecule has 0 spiro atoms. The molecule has 3 aromatic heterocycles. The molecule has 0 atom stereocenters. The Morgan fingerprint density at radius 3 is 2.00 bits per heavy atom. The second-order valence-corrected chi connectivity index (χ2v) is 11.5. The van der Waals surface area contributed by atoms with E-state index in [0.717, 1.165) is 21.4 Å². The van der Waals surface area contributed by atoms with Crippen LogP contribution in [0.15, 0.2) is 115 Å². The smallest absolute Gasteiger partial charge is 0.174 e. The summed E-state index contributed by atoms with van der Waals surface area (Å²) in [5.74, 6) is 2.08. The highest BCUT2D eigenvalue weighted by Gasteiger charge is 2.16. The number of fused-ring (bicyclic) bond motifs is 5. The molecule has 5 heteroatoms. The Bertz CT molecular complexity index is 2120. The first kappa shape index (κ1) is 21.6. The van der Waals surface area contributed by atoms with Gasteiger partial charge in [0, 0.05) is 36.0 Å². The molecule has 0 saturated heterocycles. The number of benzene rings is 5. The Morgan fingerprint density at radius 1 is 0.421 bits per heavy atom. The quantitative estimate of drug-likeness (QED) is 0.232. The van der Waals surface area contributed by atoms with Gasteiger partial charge in [-0.15, -0.1) is 22.7 Å². The van der Waals surface area contributed by atoms with Crippen LogP contribution in [0, 0.1) is 0 Å². The molecular formula is C33H19N3S2. The molecule has 38 heavy (non-hydrogen) atoms. The Labute approximate surface area is 226 Å². The van der Waals surface area contributed by atoms with Crippen LogP contribution in [0.4, 0.5) is 0 Å². The molecule has 0 aliphatic heterocycles. The molecule has 0 N–H and O–H groups in total. The zero-order chi connectivity index (χ0) is 25.1. The van der Waals surface area contributed by atoms with Crippen molar-refractivity contribution in [3.63, 3.8) is 0 Å². The summed E-state index contributed by atoms with van der Waals surface area (Å²) in [5.41, 5.74) is 2.01. The second-order valence-electron chi connectivity index (χ2n) is 9.29. The molecule has 0 aliphatic carbocycles. The molecule has 0 radical (unpaired) electrons. The average molecular weight is 522 g/mol. The van der Waals surface area contributed by atoms with E-state index in [-0.39, 0.29) is 0 Å². The first-order valence-electron chi connectivity index (χ1n) is 12.4. The molecule has 5 aromatic carbocycles. The van der Waals surface area contributed by atoms with Crippen LogP contribution >= 0.6 is 22.7 Å². The maximum Gasteiger partial charge on any atom is 0.174 e. The van der Waals surface area contributed by atoms with Gasteiger partial charge in [0.05, 0.1) is 4.88 Å².